The van der Waals surface area contributed by atoms with Gasteiger partial charge in [0.15, 0.2) is 0 Å². The Bertz CT molecular complexity index is 199. The van der Waals surface area contributed by atoms with Gasteiger partial charge in [0.2, 0.25) is 0 Å². The molecule has 1 heterocycles. The van der Waals surface area contributed by atoms with E-state index in [1.165, 1.54) is 7.11 Å². The van der Waals surface area contributed by atoms with Gasteiger partial charge in [0.05, 0.1) is 20.0 Å². The number of hydrogen-bond acceptors (Lipinski definition) is 4. The summed E-state index contributed by atoms with van der Waals surface area (Å²) in [6.45, 7) is 1.89. The molecule has 0 amide bonds. The van der Waals surface area contributed by atoms with Gasteiger partial charge in [-0.2, -0.15) is 0 Å². The molecular weight excluding hydrogens is 160 g/mol. The van der Waals surface area contributed by atoms with E-state index in [1.807, 2.05) is 6.92 Å². The zero-order chi connectivity index (χ0) is 9.14. The van der Waals surface area contributed by atoms with E-state index in [0.29, 0.717) is 6.42 Å². The molecule has 1 fully saturated rings. The van der Waals surface area contributed by atoms with Crippen molar-refractivity contribution in [2.75, 3.05) is 7.11 Å². The van der Waals surface area contributed by atoms with Crippen LogP contribution in [0, 0.1) is 5.92 Å². The van der Waals surface area contributed by atoms with Crippen molar-refractivity contribution in [1.29, 1.82) is 0 Å². The summed E-state index contributed by atoms with van der Waals surface area (Å²) in [6, 6.07) is 0. The fraction of sp³-hybridized carbons (Fsp3) is 0.750. The summed E-state index contributed by atoms with van der Waals surface area (Å²) in [7, 11) is 1.32. The van der Waals surface area contributed by atoms with Gasteiger partial charge >= 0.3 is 11.9 Å². The van der Waals surface area contributed by atoms with Gasteiger partial charge in [-0.3, -0.25) is 9.59 Å². The lowest BCUT2D eigenvalue weighted by molar-refractivity contribution is -0.148. The molecular formula is C8H12O4. The molecule has 68 valence electrons. The molecule has 1 aliphatic rings. The van der Waals surface area contributed by atoms with Gasteiger partial charge < -0.3 is 9.47 Å². The van der Waals surface area contributed by atoms with Gasteiger partial charge in [-0.15, -0.1) is 0 Å². The van der Waals surface area contributed by atoms with Gasteiger partial charge in [-0.05, 0) is 0 Å². The minimum absolute atomic E-state index is 0.122. The fourth-order valence-corrected chi connectivity index (χ4v) is 1.22. The van der Waals surface area contributed by atoms with Crippen molar-refractivity contribution >= 4 is 11.9 Å². The second-order valence-electron chi connectivity index (χ2n) is 2.99. The Kier molecular flexibility index (Phi) is 2.68. The molecule has 1 saturated heterocycles. The normalized spacial score (nSPS) is 28.3. The number of hydrogen-bond donors (Lipinski definition) is 0. The lowest BCUT2D eigenvalue weighted by Crippen LogP contribution is -2.19. The van der Waals surface area contributed by atoms with Crippen LogP contribution in [0.2, 0.25) is 0 Å². The number of carbonyl (C=O) groups excluding carboxylic acids is 2. The van der Waals surface area contributed by atoms with Crippen LogP contribution in [0.5, 0.6) is 0 Å². The van der Waals surface area contributed by atoms with Crippen molar-refractivity contribution in [3.05, 3.63) is 0 Å². The third kappa shape index (κ3) is 1.96. The summed E-state index contributed by atoms with van der Waals surface area (Å²) in [5.41, 5.74) is 0. The lowest BCUT2D eigenvalue weighted by Gasteiger charge is -2.11. The maximum atomic E-state index is 10.8. The average Bonchev–Trinajstić information content (AvgIpc) is 2.30. The first kappa shape index (κ1) is 9.03. The quantitative estimate of drug-likeness (QED) is 0.569. The topological polar surface area (TPSA) is 52.6 Å². The van der Waals surface area contributed by atoms with Crippen molar-refractivity contribution in [3.63, 3.8) is 0 Å². The maximum Gasteiger partial charge on any atom is 0.309 e. The number of ether oxygens (including phenoxy) is 2. The highest BCUT2D eigenvalue weighted by Gasteiger charge is 2.32. The molecule has 0 aromatic rings. The van der Waals surface area contributed by atoms with E-state index in [9.17, 15) is 9.59 Å². The van der Waals surface area contributed by atoms with Crippen LogP contribution >= 0.6 is 0 Å². The van der Waals surface area contributed by atoms with Crippen molar-refractivity contribution in [1.82, 2.24) is 0 Å². The first-order valence-electron chi connectivity index (χ1n) is 3.89. The largest absolute Gasteiger partial charge is 0.469 e. The zero-order valence-corrected chi connectivity index (χ0v) is 7.20. The molecule has 2 atom stereocenters. The summed E-state index contributed by atoms with van der Waals surface area (Å²) in [6.07, 6.45) is 0.287. The number of rotatable bonds is 2. The van der Waals surface area contributed by atoms with Crippen LogP contribution in [0.4, 0.5) is 0 Å². The highest BCUT2D eigenvalue weighted by Crippen LogP contribution is 2.23. The third-order valence-electron chi connectivity index (χ3n) is 2.00. The molecule has 0 aliphatic carbocycles. The van der Waals surface area contributed by atoms with Crippen LogP contribution in [0.3, 0.4) is 0 Å². The van der Waals surface area contributed by atoms with E-state index >= 15 is 0 Å². The Morgan fingerprint density at radius 3 is 2.83 bits per heavy atom. The van der Waals surface area contributed by atoms with Gasteiger partial charge in [0.25, 0.3) is 0 Å². The molecule has 0 N–H and O–H groups in total. The van der Waals surface area contributed by atoms with Crippen molar-refractivity contribution in [3.8, 4) is 0 Å². The van der Waals surface area contributed by atoms with Gasteiger partial charge in [-0.25, -0.2) is 0 Å². The molecule has 1 aliphatic heterocycles. The van der Waals surface area contributed by atoms with Crippen LogP contribution in [0.25, 0.3) is 0 Å². The van der Waals surface area contributed by atoms with Crippen LogP contribution in [-0.4, -0.2) is 25.2 Å². The summed E-state index contributed by atoms with van der Waals surface area (Å²) in [5, 5.41) is 0. The third-order valence-corrected chi connectivity index (χ3v) is 2.00. The first-order chi connectivity index (χ1) is 5.63. The Morgan fingerprint density at radius 1 is 1.75 bits per heavy atom. The van der Waals surface area contributed by atoms with Crippen LogP contribution in [0.15, 0.2) is 0 Å². The molecule has 0 aromatic heterocycles. The smallest absolute Gasteiger partial charge is 0.309 e. The van der Waals surface area contributed by atoms with Gasteiger partial charge in [0, 0.05) is 5.92 Å². The molecule has 1 rings (SSSR count). The summed E-state index contributed by atoms with van der Waals surface area (Å²) < 4.78 is 9.37. The molecule has 4 nitrogen and oxygen atoms in total. The summed E-state index contributed by atoms with van der Waals surface area (Å²) in [4.78, 5) is 21.6. The summed E-state index contributed by atoms with van der Waals surface area (Å²) >= 11 is 0. The van der Waals surface area contributed by atoms with Crippen molar-refractivity contribution in [2.45, 2.75) is 25.9 Å². The molecule has 0 saturated carbocycles. The van der Waals surface area contributed by atoms with E-state index < -0.39 is 0 Å². The highest BCUT2D eigenvalue weighted by atomic mass is 16.6. The predicted molar refractivity (Wildman–Crippen MR) is 40.3 cm³/mol. The number of esters is 2. The Hall–Kier alpha value is -1.06. The van der Waals surface area contributed by atoms with Crippen LogP contribution in [0.1, 0.15) is 19.8 Å². The molecule has 12 heavy (non-hydrogen) atoms. The molecule has 0 aromatic carbocycles. The van der Waals surface area contributed by atoms with Gasteiger partial charge in [-0.1, -0.05) is 6.92 Å². The minimum Gasteiger partial charge on any atom is -0.469 e. The average molecular weight is 172 g/mol. The molecule has 2 unspecified atom stereocenters. The second-order valence-corrected chi connectivity index (χ2v) is 2.99. The second kappa shape index (κ2) is 3.56. The SMILES string of the molecule is COC(=O)CC1OC(=O)CC1C. The number of cyclic esters (lactones) is 1. The fourth-order valence-electron chi connectivity index (χ4n) is 1.22. The zero-order valence-electron chi connectivity index (χ0n) is 7.20. The van der Waals surface area contributed by atoms with E-state index in [-0.39, 0.29) is 30.4 Å². The lowest BCUT2D eigenvalue weighted by atomic mass is 10.0. The Morgan fingerprint density at radius 2 is 2.42 bits per heavy atom. The number of carbonyl (C=O) groups is 2. The molecule has 0 bridgehead atoms. The summed E-state index contributed by atoms with van der Waals surface area (Å²) in [5.74, 6) is -0.436. The molecule has 0 radical (unpaired) electrons. The Balaban J connectivity index is 2.42. The number of methoxy groups -OCH3 is 1. The van der Waals surface area contributed by atoms with E-state index in [2.05, 4.69) is 4.74 Å². The predicted octanol–water partition coefficient (Wildman–Crippen LogP) is 0.501. The van der Waals surface area contributed by atoms with E-state index in [4.69, 9.17) is 4.74 Å². The van der Waals surface area contributed by atoms with Crippen LogP contribution < -0.4 is 0 Å². The Labute approximate surface area is 70.8 Å². The standard InChI is InChI=1S/C8H12O4/c1-5-3-8(10)12-6(5)4-7(9)11-2/h5-6H,3-4H2,1-2H3. The van der Waals surface area contributed by atoms with Crippen molar-refractivity contribution in [2.24, 2.45) is 5.92 Å². The highest BCUT2D eigenvalue weighted by molar-refractivity contribution is 5.75. The van der Waals surface area contributed by atoms with Gasteiger partial charge in [0.1, 0.15) is 6.10 Å². The monoisotopic (exact) mass is 172 g/mol. The van der Waals surface area contributed by atoms with Crippen LogP contribution in [-0.2, 0) is 19.1 Å². The van der Waals surface area contributed by atoms with E-state index in [1.54, 1.807) is 0 Å². The minimum atomic E-state index is -0.332. The first-order valence-corrected chi connectivity index (χ1v) is 3.89. The van der Waals surface area contributed by atoms with Crippen molar-refractivity contribution < 1.29 is 19.1 Å². The maximum absolute atomic E-state index is 10.8. The van der Waals surface area contributed by atoms with E-state index in [0.717, 1.165) is 0 Å². The molecule has 4 heteroatoms. The molecule has 0 spiro atoms.